The van der Waals surface area contributed by atoms with Crippen LogP contribution in [-0.4, -0.2) is 37.3 Å². The molecule has 0 bridgehead atoms. The minimum Gasteiger partial charge on any atom is -0.351 e. The van der Waals surface area contributed by atoms with Crippen molar-refractivity contribution < 1.29 is 9.59 Å². The molecule has 3 aromatic heterocycles. The zero-order valence-corrected chi connectivity index (χ0v) is 19.6. The van der Waals surface area contributed by atoms with E-state index in [9.17, 15) is 9.59 Å². The van der Waals surface area contributed by atoms with Gasteiger partial charge in [-0.2, -0.15) is 0 Å². The number of aryl methyl sites for hydroxylation is 1. The molecule has 0 aliphatic rings. The summed E-state index contributed by atoms with van der Waals surface area (Å²) >= 11 is 7.75. The molecule has 0 saturated carbocycles. The van der Waals surface area contributed by atoms with Crippen molar-refractivity contribution in [1.82, 2.24) is 30.9 Å². The van der Waals surface area contributed by atoms with Crippen molar-refractivity contribution >= 4 is 45.5 Å². The van der Waals surface area contributed by atoms with Gasteiger partial charge in [-0.15, -0.1) is 16.4 Å². The first-order chi connectivity index (χ1) is 16.5. The second-order valence-corrected chi connectivity index (χ2v) is 9.19. The molecule has 3 heterocycles. The predicted octanol–water partition coefficient (Wildman–Crippen LogP) is 4.71. The number of aromatic amines is 2. The smallest absolute Gasteiger partial charge is 0.268 e. The highest BCUT2D eigenvalue weighted by Crippen LogP contribution is 2.34. The SMILES string of the molecule is CCc1cc(C(=O)c2ccccc2Cl)c(C(NC(=O)c2cc3ccccc3[nH]2)c2nnn[nH]2)s1. The largest absolute Gasteiger partial charge is 0.351 e. The number of rotatable bonds is 7. The van der Waals surface area contributed by atoms with Crippen LogP contribution in [0.4, 0.5) is 0 Å². The van der Waals surface area contributed by atoms with E-state index in [0.29, 0.717) is 32.5 Å². The molecule has 2 aromatic carbocycles. The molecule has 0 aliphatic heterocycles. The van der Waals surface area contributed by atoms with E-state index in [0.717, 1.165) is 22.2 Å². The number of amides is 1. The van der Waals surface area contributed by atoms with Crippen molar-refractivity contribution in [2.24, 2.45) is 0 Å². The number of H-pyrrole nitrogens is 2. The van der Waals surface area contributed by atoms with Crippen LogP contribution in [0.5, 0.6) is 0 Å². The van der Waals surface area contributed by atoms with E-state index in [1.165, 1.54) is 11.3 Å². The quantitative estimate of drug-likeness (QED) is 0.286. The van der Waals surface area contributed by atoms with Crippen molar-refractivity contribution in [2.45, 2.75) is 19.4 Å². The summed E-state index contributed by atoms with van der Waals surface area (Å²) in [6.07, 6.45) is 0.727. The van der Waals surface area contributed by atoms with Crippen LogP contribution in [0.1, 0.15) is 55.0 Å². The van der Waals surface area contributed by atoms with Gasteiger partial charge >= 0.3 is 0 Å². The lowest BCUT2D eigenvalue weighted by molar-refractivity contribution is 0.0935. The summed E-state index contributed by atoms with van der Waals surface area (Å²) in [7, 11) is 0. The molecule has 0 aliphatic carbocycles. The standard InChI is InChI=1S/C24H19ClN6O2S/c1-2-14-12-16(21(32)15-8-4-5-9-17(15)25)22(34-14)20(23-28-30-31-29-23)27-24(33)19-11-13-7-3-6-10-18(13)26-19/h3-12,20,26H,2H2,1H3,(H,27,33)(H,28,29,30,31). The number of halogens is 1. The van der Waals surface area contributed by atoms with Crippen molar-refractivity contribution in [3.63, 3.8) is 0 Å². The molecule has 1 atom stereocenters. The van der Waals surface area contributed by atoms with Crippen molar-refractivity contribution in [3.05, 3.63) is 98.1 Å². The van der Waals surface area contributed by atoms with Gasteiger partial charge in [0, 0.05) is 31.8 Å². The molecule has 8 nitrogen and oxygen atoms in total. The summed E-state index contributed by atoms with van der Waals surface area (Å²) < 4.78 is 0. The van der Waals surface area contributed by atoms with Gasteiger partial charge in [-0.1, -0.05) is 48.9 Å². The van der Waals surface area contributed by atoms with Gasteiger partial charge in [0.1, 0.15) is 11.7 Å². The lowest BCUT2D eigenvalue weighted by atomic mass is 10.0. The molecule has 34 heavy (non-hydrogen) atoms. The highest BCUT2D eigenvalue weighted by molar-refractivity contribution is 7.12. The first-order valence-corrected chi connectivity index (χ1v) is 11.8. The molecule has 0 fully saturated rings. The number of nitrogens with zero attached hydrogens (tertiary/aromatic N) is 3. The highest BCUT2D eigenvalue weighted by Gasteiger charge is 2.30. The Kier molecular flexibility index (Phi) is 5.95. The maximum Gasteiger partial charge on any atom is 0.268 e. The maximum atomic E-state index is 13.5. The Bertz CT molecular complexity index is 1460. The molecule has 0 spiro atoms. The summed E-state index contributed by atoms with van der Waals surface area (Å²) in [5.74, 6) is -0.253. The van der Waals surface area contributed by atoms with E-state index >= 15 is 0 Å². The van der Waals surface area contributed by atoms with E-state index in [1.807, 2.05) is 37.3 Å². The fourth-order valence-electron chi connectivity index (χ4n) is 3.77. The van der Waals surface area contributed by atoms with Crippen LogP contribution in [0.2, 0.25) is 5.02 Å². The Morgan fingerprint density at radius 2 is 1.88 bits per heavy atom. The van der Waals surface area contributed by atoms with Crippen LogP contribution in [0, 0.1) is 0 Å². The molecule has 0 radical (unpaired) electrons. The fraction of sp³-hybridized carbons (Fsp3) is 0.125. The Hall–Kier alpha value is -3.82. The summed E-state index contributed by atoms with van der Waals surface area (Å²) in [4.78, 5) is 31.5. The van der Waals surface area contributed by atoms with Crippen LogP contribution in [-0.2, 0) is 6.42 Å². The fourth-order valence-corrected chi connectivity index (χ4v) is 5.14. The zero-order valence-electron chi connectivity index (χ0n) is 18.0. The normalized spacial score (nSPS) is 12.1. The van der Waals surface area contributed by atoms with Crippen molar-refractivity contribution in [3.8, 4) is 0 Å². The number of hydrogen-bond acceptors (Lipinski definition) is 6. The molecule has 5 rings (SSSR count). The monoisotopic (exact) mass is 490 g/mol. The highest BCUT2D eigenvalue weighted by atomic mass is 35.5. The van der Waals surface area contributed by atoms with Gasteiger partial charge < -0.3 is 10.3 Å². The number of aromatic nitrogens is 5. The number of carbonyl (C=O) groups is 2. The molecule has 10 heteroatoms. The number of thiophene rings is 1. The molecular weight excluding hydrogens is 472 g/mol. The number of hydrogen-bond donors (Lipinski definition) is 3. The van der Waals surface area contributed by atoms with Crippen LogP contribution in [0.15, 0.2) is 60.7 Å². The molecule has 5 aromatic rings. The molecule has 1 unspecified atom stereocenters. The second-order valence-electron chi connectivity index (χ2n) is 7.62. The third-order valence-corrected chi connectivity index (χ3v) is 7.14. The topological polar surface area (TPSA) is 116 Å². The Morgan fingerprint density at radius 1 is 1.09 bits per heavy atom. The second kappa shape index (κ2) is 9.20. The van der Waals surface area contributed by atoms with Gasteiger partial charge in [0.15, 0.2) is 11.6 Å². The number of para-hydroxylation sites is 1. The minimum atomic E-state index is -0.763. The van der Waals surface area contributed by atoms with Crippen LogP contribution < -0.4 is 5.32 Å². The van der Waals surface area contributed by atoms with E-state index in [-0.39, 0.29) is 11.7 Å². The summed E-state index contributed by atoms with van der Waals surface area (Å²) in [5.41, 5.74) is 2.09. The molecular formula is C24H19ClN6O2S. The van der Waals surface area contributed by atoms with Gasteiger partial charge in [0.05, 0.1) is 5.02 Å². The first kappa shape index (κ1) is 22.0. The lowest BCUT2D eigenvalue weighted by Gasteiger charge is -2.16. The van der Waals surface area contributed by atoms with Gasteiger partial charge in [0.25, 0.3) is 5.91 Å². The number of benzene rings is 2. The molecule has 170 valence electrons. The Balaban J connectivity index is 1.56. The van der Waals surface area contributed by atoms with Gasteiger partial charge in [-0.05, 0) is 47.2 Å². The summed E-state index contributed by atoms with van der Waals surface area (Å²) in [6.45, 7) is 2.01. The van der Waals surface area contributed by atoms with Gasteiger partial charge in [-0.3, -0.25) is 9.59 Å². The lowest BCUT2D eigenvalue weighted by Crippen LogP contribution is -2.30. The molecule has 1 amide bonds. The number of fused-ring (bicyclic) bond motifs is 1. The first-order valence-electron chi connectivity index (χ1n) is 10.6. The summed E-state index contributed by atoms with van der Waals surface area (Å²) in [5, 5.41) is 18.4. The zero-order chi connectivity index (χ0) is 23.7. The number of ketones is 1. The van der Waals surface area contributed by atoms with Gasteiger partial charge in [0.2, 0.25) is 0 Å². The van der Waals surface area contributed by atoms with Crippen molar-refractivity contribution in [1.29, 1.82) is 0 Å². The third-order valence-electron chi connectivity index (χ3n) is 5.47. The average molecular weight is 491 g/mol. The maximum absolute atomic E-state index is 13.5. The molecule has 3 N–H and O–H groups in total. The Morgan fingerprint density at radius 3 is 2.62 bits per heavy atom. The number of nitrogens with one attached hydrogen (secondary N) is 3. The Labute approximate surface area is 203 Å². The van der Waals surface area contributed by atoms with E-state index < -0.39 is 6.04 Å². The number of tetrazole rings is 1. The van der Waals surface area contributed by atoms with Gasteiger partial charge in [-0.25, -0.2) is 5.10 Å². The average Bonchev–Trinajstić information content (AvgIpc) is 3.61. The predicted molar refractivity (Wildman–Crippen MR) is 130 cm³/mol. The van der Waals surface area contributed by atoms with E-state index in [1.54, 1.807) is 30.3 Å². The summed E-state index contributed by atoms with van der Waals surface area (Å²) in [6, 6.07) is 17.4. The van der Waals surface area contributed by atoms with Crippen LogP contribution in [0.25, 0.3) is 10.9 Å². The number of carbonyl (C=O) groups excluding carboxylic acids is 2. The van der Waals surface area contributed by atoms with Crippen LogP contribution >= 0.6 is 22.9 Å². The van der Waals surface area contributed by atoms with Crippen LogP contribution in [0.3, 0.4) is 0 Å². The third kappa shape index (κ3) is 4.11. The minimum absolute atomic E-state index is 0.228. The van der Waals surface area contributed by atoms with Crippen molar-refractivity contribution in [2.75, 3.05) is 0 Å². The van der Waals surface area contributed by atoms with E-state index in [2.05, 4.69) is 30.9 Å². The van der Waals surface area contributed by atoms with E-state index in [4.69, 9.17) is 11.6 Å². The molecule has 0 saturated heterocycles.